The minimum Gasteiger partial charge on any atom is -0.491 e. The number of anilines is 1. The Morgan fingerprint density at radius 2 is 2.42 bits per heavy atom. The molecule has 1 atom stereocenters. The van der Waals surface area contributed by atoms with E-state index < -0.39 is 0 Å². The van der Waals surface area contributed by atoms with Gasteiger partial charge in [0.15, 0.2) is 0 Å². The molecule has 0 aromatic heterocycles. The van der Waals surface area contributed by atoms with Crippen LogP contribution in [0.25, 0.3) is 0 Å². The van der Waals surface area contributed by atoms with Crippen molar-refractivity contribution in [1.82, 2.24) is 0 Å². The van der Waals surface area contributed by atoms with E-state index in [-0.39, 0.29) is 18.6 Å². The summed E-state index contributed by atoms with van der Waals surface area (Å²) in [7, 11) is 1.49. The van der Waals surface area contributed by atoms with Gasteiger partial charge in [0.25, 0.3) is 0 Å². The number of carbonyl (C=O) groups is 1. The van der Waals surface area contributed by atoms with Gasteiger partial charge in [0.05, 0.1) is 6.10 Å². The molecule has 0 bridgehead atoms. The molecule has 104 valence electrons. The summed E-state index contributed by atoms with van der Waals surface area (Å²) < 4.78 is 15.9. The summed E-state index contributed by atoms with van der Waals surface area (Å²) in [5.74, 6) is 0.546. The van der Waals surface area contributed by atoms with E-state index in [2.05, 4.69) is 5.32 Å². The molecule has 1 saturated heterocycles. The normalized spacial score (nSPS) is 18.3. The molecule has 1 fully saturated rings. The van der Waals surface area contributed by atoms with Gasteiger partial charge in [-0.1, -0.05) is 6.07 Å². The summed E-state index contributed by atoms with van der Waals surface area (Å²) in [4.78, 5) is 11.4. The number of hydrogen-bond acceptors (Lipinski definition) is 4. The molecule has 0 saturated carbocycles. The zero-order chi connectivity index (χ0) is 13.5. The zero-order valence-corrected chi connectivity index (χ0v) is 11.1. The van der Waals surface area contributed by atoms with Gasteiger partial charge in [-0.25, -0.2) is 0 Å². The van der Waals surface area contributed by atoms with Crippen LogP contribution in [0, 0.1) is 0 Å². The molecule has 1 amide bonds. The lowest BCUT2D eigenvalue weighted by atomic mass is 10.2. The fraction of sp³-hybridized carbons (Fsp3) is 0.500. The summed E-state index contributed by atoms with van der Waals surface area (Å²) in [5, 5.41) is 2.74. The quantitative estimate of drug-likeness (QED) is 0.852. The van der Waals surface area contributed by atoms with Gasteiger partial charge in [-0.05, 0) is 25.0 Å². The highest BCUT2D eigenvalue weighted by molar-refractivity contribution is 5.91. The Kier molecular flexibility index (Phi) is 5.18. The van der Waals surface area contributed by atoms with Crippen LogP contribution in [0.4, 0.5) is 5.69 Å². The molecular formula is C14H19NO4. The molecule has 0 aliphatic carbocycles. The number of nitrogens with one attached hydrogen (secondary N) is 1. The molecule has 1 unspecified atom stereocenters. The predicted octanol–water partition coefficient (Wildman–Crippen LogP) is 1.83. The van der Waals surface area contributed by atoms with E-state index in [9.17, 15) is 4.79 Å². The Morgan fingerprint density at radius 3 is 3.16 bits per heavy atom. The largest absolute Gasteiger partial charge is 0.491 e. The van der Waals surface area contributed by atoms with Crippen LogP contribution in [0.3, 0.4) is 0 Å². The lowest BCUT2D eigenvalue weighted by Crippen LogP contribution is -2.18. The Hall–Kier alpha value is -1.59. The van der Waals surface area contributed by atoms with Crippen molar-refractivity contribution in [3.63, 3.8) is 0 Å². The zero-order valence-electron chi connectivity index (χ0n) is 11.1. The number of amides is 1. The summed E-state index contributed by atoms with van der Waals surface area (Å²) in [6, 6.07) is 7.31. The SMILES string of the molecule is COCC(=O)Nc1cccc(OCC2CCCO2)c1. The first-order valence-electron chi connectivity index (χ1n) is 6.41. The van der Waals surface area contributed by atoms with Crippen LogP contribution >= 0.6 is 0 Å². The van der Waals surface area contributed by atoms with Gasteiger partial charge in [0.1, 0.15) is 19.0 Å². The number of methoxy groups -OCH3 is 1. The number of hydrogen-bond donors (Lipinski definition) is 1. The van der Waals surface area contributed by atoms with E-state index in [0.717, 1.165) is 25.2 Å². The van der Waals surface area contributed by atoms with Gasteiger partial charge in [-0.15, -0.1) is 0 Å². The molecular weight excluding hydrogens is 246 g/mol. The van der Waals surface area contributed by atoms with Gasteiger partial charge in [-0.2, -0.15) is 0 Å². The van der Waals surface area contributed by atoms with Crippen LogP contribution in [0.5, 0.6) is 5.75 Å². The van der Waals surface area contributed by atoms with Crippen molar-refractivity contribution < 1.29 is 19.0 Å². The number of carbonyl (C=O) groups excluding carboxylic acids is 1. The van der Waals surface area contributed by atoms with Gasteiger partial charge in [0, 0.05) is 25.5 Å². The Morgan fingerprint density at radius 1 is 1.53 bits per heavy atom. The topological polar surface area (TPSA) is 56.8 Å². The van der Waals surface area contributed by atoms with E-state index >= 15 is 0 Å². The molecule has 1 aromatic carbocycles. The average molecular weight is 265 g/mol. The maximum absolute atomic E-state index is 11.4. The lowest BCUT2D eigenvalue weighted by Gasteiger charge is -2.12. The number of rotatable bonds is 6. The van der Waals surface area contributed by atoms with E-state index in [0.29, 0.717) is 12.3 Å². The highest BCUT2D eigenvalue weighted by Gasteiger charge is 2.16. The molecule has 5 heteroatoms. The van der Waals surface area contributed by atoms with Crippen molar-refractivity contribution in [2.75, 3.05) is 32.2 Å². The van der Waals surface area contributed by atoms with Crippen LogP contribution in [0.2, 0.25) is 0 Å². The Bertz CT molecular complexity index is 416. The van der Waals surface area contributed by atoms with Crippen LogP contribution in [0.15, 0.2) is 24.3 Å². The van der Waals surface area contributed by atoms with Crippen molar-refractivity contribution in [1.29, 1.82) is 0 Å². The Labute approximate surface area is 112 Å². The first-order valence-corrected chi connectivity index (χ1v) is 6.41. The van der Waals surface area contributed by atoms with Crippen LogP contribution in [-0.4, -0.2) is 38.9 Å². The summed E-state index contributed by atoms with van der Waals surface area (Å²) in [5.41, 5.74) is 0.701. The minimum atomic E-state index is -0.182. The highest BCUT2D eigenvalue weighted by atomic mass is 16.5. The second-order valence-electron chi connectivity index (χ2n) is 4.46. The standard InChI is InChI=1S/C14H19NO4/c1-17-10-14(16)15-11-4-2-5-12(8-11)19-9-13-6-3-7-18-13/h2,4-5,8,13H,3,6-7,9-10H2,1H3,(H,15,16). The molecule has 1 aromatic rings. The third kappa shape index (κ3) is 4.54. The summed E-state index contributed by atoms with van der Waals surface area (Å²) in [6.07, 6.45) is 2.33. The predicted molar refractivity (Wildman–Crippen MR) is 71.4 cm³/mol. The van der Waals surface area contributed by atoms with E-state index in [1.54, 1.807) is 6.07 Å². The molecule has 1 N–H and O–H groups in total. The molecule has 0 spiro atoms. The van der Waals surface area contributed by atoms with Crippen molar-refractivity contribution in [2.24, 2.45) is 0 Å². The van der Waals surface area contributed by atoms with E-state index in [1.807, 2.05) is 18.2 Å². The average Bonchev–Trinajstić information content (AvgIpc) is 2.90. The van der Waals surface area contributed by atoms with Gasteiger partial charge >= 0.3 is 0 Å². The van der Waals surface area contributed by atoms with Crippen molar-refractivity contribution in [3.05, 3.63) is 24.3 Å². The highest BCUT2D eigenvalue weighted by Crippen LogP contribution is 2.19. The first kappa shape index (κ1) is 13.8. The molecule has 0 radical (unpaired) electrons. The van der Waals surface area contributed by atoms with E-state index in [1.165, 1.54) is 7.11 Å². The van der Waals surface area contributed by atoms with Crippen molar-refractivity contribution >= 4 is 11.6 Å². The van der Waals surface area contributed by atoms with Gasteiger partial charge in [0.2, 0.25) is 5.91 Å². The molecule has 1 heterocycles. The first-order chi connectivity index (χ1) is 9.28. The second kappa shape index (κ2) is 7.11. The number of ether oxygens (including phenoxy) is 3. The lowest BCUT2D eigenvalue weighted by molar-refractivity contribution is -0.119. The van der Waals surface area contributed by atoms with Crippen molar-refractivity contribution in [3.8, 4) is 5.75 Å². The third-order valence-electron chi connectivity index (χ3n) is 2.85. The molecule has 19 heavy (non-hydrogen) atoms. The molecule has 5 nitrogen and oxygen atoms in total. The van der Waals surface area contributed by atoms with Crippen LogP contribution < -0.4 is 10.1 Å². The maximum Gasteiger partial charge on any atom is 0.250 e. The minimum absolute atomic E-state index is 0.0427. The summed E-state index contributed by atoms with van der Waals surface area (Å²) >= 11 is 0. The van der Waals surface area contributed by atoms with Gasteiger partial charge < -0.3 is 19.5 Å². The van der Waals surface area contributed by atoms with Crippen molar-refractivity contribution in [2.45, 2.75) is 18.9 Å². The van der Waals surface area contributed by atoms with Crippen LogP contribution in [0.1, 0.15) is 12.8 Å². The maximum atomic E-state index is 11.4. The van der Waals surface area contributed by atoms with E-state index in [4.69, 9.17) is 14.2 Å². The van der Waals surface area contributed by atoms with Crippen LogP contribution in [-0.2, 0) is 14.3 Å². The monoisotopic (exact) mass is 265 g/mol. The smallest absolute Gasteiger partial charge is 0.250 e. The third-order valence-corrected chi connectivity index (χ3v) is 2.85. The second-order valence-corrected chi connectivity index (χ2v) is 4.46. The number of benzene rings is 1. The Balaban J connectivity index is 1.85. The summed E-state index contributed by atoms with van der Waals surface area (Å²) in [6.45, 7) is 1.41. The molecule has 1 aliphatic rings. The molecule has 2 rings (SSSR count). The molecule has 1 aliphatic heterocycles. The van der Waals surface area contributed by atoms with Gasteiger partial charge in [-0.3, -0.25) is 4.79 Å². The fourth-order valence-electron chi connectivity index (χ4n) is 1.96. The fourth-order valence-corrected chi connectivity index (χ4v) is 1.96.